The molecule has 0 amide bonds. The normalized spacial score (nSPS) is 15.5. The summed E-state index contributed by atoms with van der Waals surface area (Å²) >= 11 is 0. The molecule has 4 nitrogen and oxygen atoms in total. The Hall–Kier alpha value is -8.60. The van der Waals surface area contributed by atoms with E-state index in [-0.39, 0.29) is 54.1 Å². The highest BCUT2D eigenvalue weighted by molar-refractivity contribution is 6.02. The minimum absolute atomic E-state index is 0.0849. The van der Waals surface area contributed by atoms with E-state index in [9.17, 15) is 0 Å². The standard InChI is InChI=1S/2C42H52N2.2C6H6/c2*1-38(2,3)26-16-14-25(15-17-26)35-36-31(41(10,11)29-22-27(39(4,5)6)18-20-33(29)43-36)24-32-37(35)44-34-21-19-28(40(7,8)9)23-30(34)42(32,12)13;2*1-2-4-6-5-3-1/h2*14-24,43-44H,1-13H3;2*1-6H. The van der Waals surface area contributed by atoms with Gasteiger partial charge in [-0.05, 0) is 158 Å². The van der Waals surface area contributed by atoms with Crippen molar-refractivity contribution in [2.45, 2.75) is 234 Å². The van der Waals surface area contributed by atoms with Crippen molar-refractivity contribution < 1.29 is 0 Å². The van der Waals surface area contributed by atoms with Gasteiger partial charge in [-0.3, -0.25) is 0 Å². The molecule has 0 aliphatic carbocycles. The van der Waals surface area contributed by atoms with Gasteiger partial charge >= 0.3 is 0 Å². The molecule has 10 aromatic rings. The molecule has 100 heavy (non-hydrogen) atoms. The molecule has 0 bridgehead atoms. The molecule has 4 heteroatoms. The van der Waals surface area contributed by atoms with Gasteiger partial charge in [0.2, 0.25) is 0 Å². The van der Waals surface area contributed by atoms with Crippen LogP contribution in [-0.2, 0) is 54.1 Å². The number of nitrogens with one attached hydrogen (secondary N) is 4. The lowest BCUT2D eigenvalue weighted by Crippen LogP contribution is -2.32. The van der Waals surface area contributed by atoms with Crippen LogP contribution in [0.1, 0.15) is 258 Å². The first kappa shape index (κ1) is 72.6. The average molecular weight is 1330 g/mol. The topological polar surface area (TPSA) is 48.1 Å². The molecule has 0 radical (unpaired) electrons. The molecule has 10 aromatic carbocycles. The van der Waals surface area contributed by atoms with Gasteiger partial charge < -0.3 is 21.3 Å². The van der Waals surface area contributed by atoms with Gasteiger partial charge in [-0.2, -0.15) is 0 Å². The van der Waals surface area contributed by atoms with Crippen molar-refractivity contribution in [3.63, 3.8) is 0 Å². The first-order valence-electron chi connectivity index (χ1n) is 36.7. The van der Waals surface area contributed by atoms with Crippen LogP contribution in [0.5, 0.6) is 0 Å². The third kappa shape index (κ3) is 14.0. The first-order chi connectivity index (χ1) is 46.4. The van der Waals surface area contributed by atoms with E-state index in [0.717, 1.165) is 0 Å². The van der Waals surface area contributed by atoms with Crippen LogP contribution >= 0.6 is 0 Å². The minimum atomic E-state index is -0.185. The number of fused-ring (bicyclic) bond motifs is 8. The third-order valence-corrected chi connectivity index (χ3v) is 22.0. The molecule has 4 N–H and O–H groups in total. The van der Waals surface area contributed by atoms with Gasteiger partial charge in [0.05, 0.1) is 22.7 Å². The van der Waals surface area contributed by atoms with Crippen molar-refractivity contribution in [2.75, 3.05) is 21.3 Å². The highest BCUT2D eigenvalue weighted by Crippen LogP contribution is 2.60. The lowest BCUT2D eigenvalue weighted by Gasteiger charge is -2.43. The zero-order chi connectivity index (χ0) is 72.9. The molecule has 0 saturated heterocycles. The van der Waals surface area contributed by atoms with Gasteiger partial charge in [0.15, 0.2) is 0 Å². The molecule has 0 unspecified atom stereocenters. The third-order valence-electron chi connectivity index (χ3n) is 22.0. The van der Waals surface area contributed by atoms with Crippen molar-refractivity contribution in [1.29, 1.82) is 0 Å². The van der Waals surface area contributed by atoms with Crippen molar-refractivity contribution in [3.05, 3.63) is 284 Å². The smallest absolute Gasteiger partial charge is 0.0526 e. The summed E-state index contributed by atoms with van der Waals surface area (Å²) in [6, 6.07) is 75.8. The van der Waals surface area contributed by atoms with E-state index >= 15 is 0 Å². The number of rotatable bonds is 2. The Morgan fingerprint density at radius 2 is 0.370 bits per heavy atom. The molecule has 0 saturated carbocycles. The fourth-order valence-corrected chi connectivity index (χ4v) is 15.1. The predicted octanol–water partition coefficient (Wildman–Crippen LogP) is 27.4. The summed E-state index contributed by atoms with van der Waals surface area (Å²) in [6.45, 7) is 60.6. The Balaban J connectivity index is 0.000000172. The van der Waals surface area contributed by atoms with Crippen molar-refractivity contribution in [3.8, 4) is 22.3 Å². The fraction of sp³-hybridized carbons (Fsp3) is 0.375. The number of hydrogen-bond acceptors (Lipinski definition) is 4. The van der Waals surface area contributed by atoms with Crippen LogP contribution in [0.3, 0.4) is 0 Å². The Bertz CT molecular complexity index is 4090. The summed E-state index contributed by atoms with van der Waals surface area (Å²) in [6.07, 6.45) is 0. The van der Waals surface area contributed by atoms with Gasteiger partial charge in [0.1, 0.15) is 0 Å². The molecule has 14 rings (SSSR count). The van der Waals surface area contributed by atoms with Crippen molar-refractivity contribution >= 4 is 45.5 Å². The molecule has 0 aromatic heterocycles. The monoisotopic (exact) mass is 1320 g/mol. The highest BCUT2D eigenvalue weighted by atomic mass is 15.0. The Morgan fingerprint density at radius 3 is 0.540 bits per heavy atom. The second kappa shape index (κ2) is 25.8. The van der Waals surface area contributed by atoms with Crippen LogP contribution in [0.15, 0.2) is 206 Å². The average Bonchev–Trinajstić information content (AvgIpc) is 0.708. The second-order valence-corrected chi connectivity index (χ2v) is 37.2. The lowest BCUT2D eigenvalue weighted by molar-refractivity contribution is 0.577. The molecule has 0 atom stereocenters. The van der Waals surface area contributed by atoms with Crippen LogP contribution in [0.25, 0.3) is 22.3 Å². The molecule has 4 heterocycles. The van der Waals surface area contributed by atoms with Crippen LogP contribution in [0.2, 0.25) is 0 Å². The van der Waals surface area contributed by atoms with Crippen LogP contribution < -0.4 is 21.3 Å². The zero-order valence-electron chi connectivity index (χ0n) is 65.6. The predicted molar refractivity (Wildman–Crippen MR) is 436 cm³/mol. The summed E-state index contributed by atoms with van der Waals surface area (Å²) < 4.78 is 0. The largest absolute Gasteiger partial charge is 0.354 e. The quantitative estimate of drug-likeness (QED) is 0.139. The maximum atomic E-state index is 3.98. The van der Waals surface area contributed by atoms with Crippen LogP contribution in [0, 0.1) is 0 Å². The van der Waals surface area contributed by atoms with Gasteiger partial charge in [-0.1, -0.05) is 350 Å². The zero-order valence-corrected chi connectivity index (χ0v) is 65.6. The van der Waals surface area contributed by atoms with Crippen LogP contribution in [0.4, 0.5) is 45.5 Å². The van der Waals surface area contributed by atoms with Gasteiger partial charge in [-0.15, -0.1) is 0 Å². The summed E-state index contributed by atoms with van der Waals surface area (Å²) in [4.78, 5) is 0. The molecule has 4 aliphatic heterocycles. The number of anilines is 8. The highest BCUT2D eigenvalue weighted by Gasteiger charge is 2.44. The van der Waals surface area contributed by atoms with Gasteiger partial charge in [-0.25, -0.2) is 0 Å². The molecule has 0 spiro atoms. The minimum Gasteiger partial charge on any atom is -0.354 e. The molecule has 520 valence electrons. The van der Waals surface area contributed by atoms with Gasteiger partial charge in [0, 0.05) is 55.5 Å². The Labute approximate surface area is 603 Å². The Morgan fingerprint density at radius 1 is 0.200 bits per heavy atom. The first-order valence-corrected chi connectivity index (χ1v) is 36.7. The number of benzene rings is 10. The molecule has 0 fully saturated rings. The van der Waals surface area contributed by atoms with Crippen molar-refractivity contribution in [2.24, 2.45) is 0 Å². The lowest BCUT2D eigenvalue weighted by atomic mass is 9.66. The van der Waals surface area contributed by atoms with Gasteiger partial charge in [0.25, 0.3) is 0 Å². The number of hydrogen-bond donors (Lipinski definition) is 4. The van der Waals surface area contributed by atoms with E-state index in [2.05, 4.69) is 335 Å². The summed E-state index contributed by atoms with van der Waals surface area (Å²) in [5.41, 5.74) is 33.5. The molecular weight excluding hydrogens is 1210 g/mol. The van der Waals surface area contributed by atoms with E-state index in [1.165, 1.54) is 146 Å². The maximum absolute atomic E-state index is 3.98. The van der Waals surface area contributed by atoms with E-state index in [4.69, 9.17) is 0 Å². The van der Waals surface area contributed by atoms with E-state index < -0.39 is 0 Å². The summed E-state index contributed by atoms with van der Waals surface area (Å²) in [7, 11) is 0. The van der Waals surface area contributed by atoms with E-state index in [1.54, 1.807) is 0 Å². The molecular formula is C96H116N4. The summed E-state index contributed by atoms with van der Waals surface area (Å²) in [5.74, 6) is 0. The fourth-order valence-electron chi connectivity index (χ4n) is 15.1. The molecule has 4 aliphatic rings. The summed E-state index contributed by atoms with van der Waals surface area (Å²) in [5, 5.41) is 15.9. The van der Waals surface area contributed by atoms with Crippen LogP contribution in [-0.4, -0.2) is 0 Å². The Kier molecular flexibility index (Phi) is 18.7. The van der Waals surface area contributed by atoms with Crippen molar-refractivity contribution in [1.82, 2.24) is 0 Å². The van der Waals surface area contributed by atoms with E-state index in [0.29, 0.717) is 0 Å². The SMILES string of the molecule is CC(C)(C)c1ccc(-c2c3c(cc4c2Nc2ccc(C(C)(C)C)cc2C4(C)C)C(C)(C)c2cc(C(C)(C)C)ccc2N3)cc1.CC(C)(C)c1ccc(-c2c3c(cc4c2Nc2ccc(C(C)(C)C)cc2C4(C)C)C(C)(C)c2cc(C(C)(C)C)ccc2N3)cc1.c1ccccc1.c1ccccc1. The maximum Gasteiger partial charge on any atom is 0.0526 e. The van der Waals surface area contributed by atoms with E-state index in [1.807, 2.05) is 72.8 Å². The second-order valence-electron chi connectivity index (χ2n) is 37.2.